The fourth-order valence-corrected chi connectivity index (χ4v) is 2.41. The summed E-state index contributed by atoms with van der Waals surface area (Å²) >= 11 is 0. The van der Waals surface area contributed by atoms with E-state index in [-0.39, 0.29) is 18.4 Å². The second kappa shape index (κ2) is 7.96. The van der Waals surface area contributed by atoms with Crippen molar-refractivity contribution >= 4 is 17.9 Å². The molecular formula is C17H24N4O4. The van der Waals surface area contributed by atoms with E-state index in [1.165, 1.54) is 0 Å². The van der Waals surface area contributed by atoms with Gasteiger partial charge in [-0.25, -0.2) is 4.79 Å². The molecule has 0 unspecified atom stereocenters. The second-order valence-electron chi connectivity index (χ2n) is 6.76. The van der Waals surface area contributed by atoms with E-state index < -0.39 is 11.7 Å². The van der Waals surface area contributed by atoms with Gasteiger partial charge in [-0.1, -0.05) is 0 Å². The van der Waals surface area contributed by atoms with Crippen LogP contribution in [0.4, 0.5) is 4.79 Å². The van der Waals surface area contributed by atoms with Crippen molar-refractivity contribution in [3.8, 4) is 0 Å². The van der Waals surface area contributed by atoms with Crippen LogP contribution in [0.15, 0.2) is 24.5 Å². The first-order chi connectivity index (χ1) is 11.8. The molecule has 25 heavy (non-hydrogen) atoms. The maximum Gasteiger partial charge on any atom is 0.408 e. The van der Waals surface area contributed by atoms with Gasteiger partial charge in [0.2, 0.25) is 5.91 Å². The highest BCUT2D eigenvalue weighted by Crippen LogP contribution is 2.09. The molecule has 1 N–H and O–H groups in total. The first kappa shape index (κ1) is 18.7. The Morgan fingerprint density at radius 3 is 2.20 bits per heavy atom. The monoisotopic (exact) mass is 348 g/mol. The van der Waals surface area contributed by atoms with Crippen molar-refractivity contribution in [3.05, 3.63) is 30.1 Å². The van der Waals surface area contributed by atoms with E-state index in [9.17, 15) is 14.4 Å². The minimum Gasteiger partial charge on any atom is -0.444 e. The number of amides is 3. The summed E-state index contributed by atoms with van der Waals surface area (Å²) in [6.07, 6.45) is 2.54. The van der Waals surface area contributed by atoms with Gasteiger partial charge in [0.15, 0.2) is 0 Å². The van der Waals surface area contributed by atoms with Crippen molar-refractivity contribution in [2.45, 2.75) is 26.4 Å². The van der Waals surface area contributed by atoms with E-state index >= 15 is 0 Å². The molecule has 0 atom stereocenters. The zero-order valence-electron chi connectivity index (χ0n) is 14.8. The lowest BCUT2D eigenvalue weighted by atomic mass is 10.2. The van der Waals surface area contributed by atoms with Crippen molar-refractivity contribution < 1.29 is 19.1 Å². The molecule has 2 rings (SSSR count). The fourth-order valence-electron chi connectivity index (χ4n) is 2.41. The Bertz CT molecular complexity index is 619. The summed E-state index contributed by atoms with van der Waals surface area (Å²) in [5, 5.41) is 2.46. The molecule has 8 nitrogen and oxygen atoms in total. The van der Waals surface area contributed by atoms with Crippen LogP contribution in [0.3, 0.4) is 0 Å². The molecule has 0 aromatic carbocycles. The topological polar surface area (TPSA) is 91.8 Å². The van der Waals surface area contributed by atoms with Gasteiger partial charge in [-0.15, -0.1) is 0 Å². The predicted molar refractivity (Wildman–Crippen MR) is 91.0 cm³/mol. The van der Waals surface area contributed by atoms with Gasteiger partial charge in [0.1, 0.15) is 12.1 Å². The summed E-state index contributed by atoms with van der Waals surface area (Å²) in [6.45, 7) is 6.94. The summed E-state index contributed by atoms with van der Waals surface area (Å²) in [6, 6.07) is 3.34. The third kappa shape index (κ3) is 5.74. The Labute approximate surface area is 147 Å². The molecule has 2 heterocycles. The second-order valence-corrected chi connectivity index (χ2v) is 6.76. The van der Waals surface area contributed by atoms with Gasteiger partial charge in [0.25, 0.3) is 5.91 Å². The minimum absolute atomic E-state index is 0.0682. The van der Waals surface area contributed by atoms with Crippen LogP contribution in [0.2, 0.25) is 0 Å². The summed E-state index contributed by atoms with van der Waals surface area (Å²) in [7, 11) is 0. The average molecular weight is 348 g/mol. The number of nitrogens with zero attached hydrogens (tertiary/aromatic N) is 3. The maximum atomic E-state index is 12.3. The van der Waals surface area contributed by atoms with Gasteiger partial charge >= 0.3 is 6.09 Å². The number of carbonyl (C=O) groups excluding carboxylic acids is 3. The number of carbonyl (C=O) groups is 3. The molecule has 1 aromatic heterocycles. The van der Waals surface area contributed by atoms with Crippen molar-refractivity contribution in [2.75, 3.05) is 32.7 Å². The zero-order chi connectivity index (χ0) is 18.4. The molecule has 136 valence electrons. The molecule has 1 aliphatic rings. The van der Waals surface area contributed by atoms with Crippen LogP contribution >= 0.6 is 0 Å². The molecular weight excluding hydrogens is 324 g/mol. The number of pyridine rings is 1. The van der Waals surface area contributed by atoms with E-state index in [2.05, 4.69) is 10.3 Å². The van der Waals surface area contributed by atoms with Crippen LogP contribution in [-0.4, -0.2) is 71.0 Å². The lowest BCUT2D eigenvalue weighted by Crippen LogP contribution is -2.52. The lowest BCUT2D eigenvalue weighted by Gasteiger charge is -2.34. The lowest BCUT2D eigenvalue weighted by molar-refractivity contribution is -0.131. The third-order valence-corrected chi connectivity index (χ3v) is 3.63. The van der Waals surface area contributed by atoms with E-state index in [1.807, 2.05) is 0 Å². The summed E-state index contributed by atoms with van der Waals surface area (Å²) < 4.78 is 5.09. The predicted octanol–water partition coefficient (Wildman–Crippen LogP) is 0.891. The van der Waals surface area contributed by atoms with Crippen LogP contribution in [0, 0.1) is 0 Å². The van der Waals surface area contributed by atoms with Crippen molar-refractivity contribution in [3.63, 3.8) is 0 Å². The Morgan fingerprint density at radius 1 is 1.08 bits per heavy atom. The maximum absolute atomic E-state index is 12.3. The molecule has 0 bridgehead atoms. The molecule has 0 saturated carbocycles. The van der Waals surface area contributed by atoms with Crippen molar-refractivity contribution in [2.24, 2.45) is 0 Å². The zero-order valence-corrected chi connectivity index (χ0v) is 14.8. The highest BCUT2D eigenvalue weighted by atomic mass is 16.6. The minimum atomic E-state index is -0.618. The van der Waals surface area contributed by atoms with E-state index in [1.54, 1.807) is 55.1 Å². The highest BCUT2D eigenvalue weighted by Gasteiger charge is 2.25. The highest BCUT2D eigenvalue weighted by molar-refractivity contribution is 5.94. The molecule has 3 amide bonds. The Kier molecular flexibility index (Phi) is 5.95. The number of piperazine rings is 1. The van der Waals surface area contributed by atoms with Gasteiger partial charge in [-0.2, -0.15) is 0 Å². The van der Waals surface area contributed by atoms with Crippen molar-refractivity contribution in [1.82, 2.24) is 20.1 Å². The molecule has 1 fully saturated rings. The summed E-state index contributed by atoms with van der Waals surface area (Å²) in [4.78, 5) is 43.3. The smallest absolute Gasteiger partial charge is 0.408 e. The molecule has 0 aliphatic carbocycles. The molecule has 0 spiro atoms. The van der Waals surface area contributed by atoms with Gasteiger partial charge in [-0.05, 0) is 32.9 Å². The van der Waals surface area contributed by atoms with Crippen LogP contribution in [0.1, 0.15) is 31.1 Å². The standard InChI is InChI=1S/C17H24N4O4/c1-17(2,3)25-16(24)19-12-14(22)20-8-10-21(11-9-20)15(23)13-4-6-18-7-5-13/h4-7H,8-12H2,1-3H3,(H,19,24). The van der Waals surface area contributed by atoms with Gasteiger partial charge < -0.3 is 19.9 Å². The quantitative estimate of drug-likeness (QED) is 0.876. The molecule has 1 saturated heterocycles. The molecule has 1 aliphatic heterocycles. The number of hydrogen-bond acceptors (Lipinski definition) is 5. The number of aromatic nitrogens is 1. The summed E-state index contributed by atoms with van der Waals surface area (Å²) in [5.41, 5.74) is -0.0205. The van der Waals surface area contributed by atoms with Gasteiger partial charge in [0, 0.05) is 44.1 Å². The number of nitrogens with one attached hydrogen (secondary N) is 1. The Balaban J connectivity index is 1.77. The first-order valence-electron chi connectivity index (χ1n) is 8.20. The fraction of sp³-hybridized carbons (Fsp3) is 0.529. The largest absolute Gasteiger partial charge is 0.444 e. The Morgan fingerprint density at radius 2 is 1.64 bits per heavy atom. The van der Waals surface area contributed by atoms with Crippen LogP contribution in [0.5, 0.6) is 0 Å². The normalized spacial score (nSPS) is 14.8. The van der Waals surface area contributed by atoms with Crippen LogP contribution in [0.25, 0.3) is 0 Å². The van der Waals surface area contributed by atoms with E-state index in [0.29, 0.717) is 31.7 Å². The number of hydrogen-bond donors (Lipinski definition) is 1. The number of alkyl carbamates (subject to hydrolysis) is 1. The van der Waals surface area contributed by atoms with E-state index in [0.717, 1.165) is 0 Å². The van der Waals surface area contributed by atoms with Crippen LogP contribution < -0.4 is 5.32 Å². The van der Waals surface area contributed by atoms with Gasteiger partial charge in [0.05, 0.1) is 0 Å². The SMILES string of the molecule is CC(C)(C)OC(=O)NCC(=O)N1CCN(C(=O)c2ccncc2)CC1. The molecule has 1 aromatic rings. The number of rotatable bonds is 3. The molecule has 8 heteroatoms. The van der Waals surface area contributed by atoms with Gasteiger partial charge in [-0.3, -0.25) is 14.6 Å². The third-order valence-electron chi connectivity index (χ3n) is 3.63. The molecule has 0 radical (unpaired) electrons. The van der Waals surface area contributed by atoms with Crippen molar-refractivity contribution in [1.29, 1.82) is 0 Å². The van der Waals surface area contributed by atoms with E-state index in [4.69, 9.17) is 4.74 Å². The summed E-state index contributed by atoms with van der Waals surface area (Å²) in [5.74, 6) is -0.261. The number of ether oxygens (including phenoxy) is 1. The Hall–Kier alpha value is -2.64. The van der Waals surface area contributed by atoms with Crippen LogP contribution in [-0.2, 0) is 9.53 Å². The first-order valence-corrected chi connectivity index (χ1v) is 8.20. The average Bonchev–Trinajstić information content (AvgIpc) is 2.58.